The molecule has 3 amide bonds. The van der Waals surface area contributed by atoms with Crippen LogP contribution in [-0.4, -0.2) is 38.7 Å². The second-order valence-corrected chi connectivity index (χ2v) is 12.2. The highest BCUT2D eigenvalue weighted by Crippen LogP contribution is 2.47. The minimum atomic E-state index is -0.317. The monoisotopic (exact) mass is 547 g/mol. The van der Waals surface area contributed by atoms with Gasteiger partial charge >= 0.3 is 6.03 Å². The van der Waals surface area contributed by atoms with Gasteiger partial charge in [-0.2, -0.15) is 5.10 Å². The predicted octanol–water partition coefficient (Wildman–Crippen LogP) is 5.83. The molecule has 3 aromatic carbocycles. The Morgan fingerprint density at radius 3 is 2.56 bits per heavy atom. The standard InChI is InChI=1S/C34H37N5O2/c1-34(2,3)37-33(41)38-18-15-28-27(24-11-7-12-26(19-24)39-17-8-16-36-39)14-13-25(31(28)22-38)21-35-32(40)30-20-29(30)23-9-5-4-6-10-23/h4-14,16-17,19,29-30H,15,18,20-22H2,1-3H3,(H,35,40)(H,37,41)/t29-,30+/m1/s1. The van der Waals surface area contributed by atoms with Crippen molar-refractivity contribution < 1.29 is 9.59 Å². The van der Waals surface area contributed by atoms with Crippen molar-refractivity contribution >= 4 is 11.9 Å². The zero-order valence-corrected chi connectivity index (χ0v) is 23.9. The van der Waals surface area contributed by atoms with Gasteiger partial charge in [0, 0.05) is 43.5 Å². The highest BCUT2D eigenvalue weighted by atomic mass is 16.2. The number of fused-ring (bicyclic) bond motifs is 1. The van der Waals surface area contributed by atoms with Gasteiger partial charge in [0.15, 0.2) is 0 Å². The van der Waals surface area contributed by atoms with E-state index in [1.165, 1.54) is 11.1 Å². The van der Waals surface area contributed by atoms with E-state index in [0.717, 1.165) is 40.8 Å². The summed E-state index contributed by atoms with van der Waals surface area (Å²) in [7, 11) is 0. The van der Waals surface area contributed by atoms with Crippen LogP contribution in [0.3, 0.4) is 0 Å². The van der Waals surface area contributed by atoms with Gasteiger partial charge in [-0.05, 0) is 91.1 Å². The minimum absolute atomic E-state index is 0.0200. The molecule has 1 aliphatic heterocycles. The molecule has 0 spiro atoms. The number of rotatable bonds is 6. The third-order valence-electron chi connectivity index (χ3n) is 8.01. The van der Waals surface area contributed by atoms with Crippen molar-refractivity contribution in [2.24, 2.45) is 5.92 Å². The molecule has 7 nitrogen and oxygen atoms in total. The van der Waals surface area contributed by atoms with Gasteiger partial charge in [0.1, 0.15) is 0 Å². The van der Waals surface area contributed by atoms with Crippen molar-refractivity contribution in [2.45, 2.75) is 58.2 Å². The molecule has 2 aliphatic rings. The first kappa shape index (κ1) is 26.8. The third-order valence-corrected chi connectivity index (χ3v) is 8.01. The summed E-state index contributed by atoms with van der Waals surface area (Å²) in [6.07, 6.45) is 5.35. The van der Waals surface area contributed by atoms with E-state index in [1.54, 1.807) is 6.20 Å². The number of nitrogens with zero attached hydrogens (tertiary/aromatic N) is 3. The van der Waals surface area contributed by atoms with Crippen LogP contribution in [0.1, 0.15) is 55.4 Å². The molecular weight excluding hydrogens is 510 g/mol. The average molecular weight is 548 g/mol. The molecule has 0 saturated heterocycles. The largest absolute Gasteiger partial charge is 0.352 e. The molecule has 2 atom stereocenters. The van der Waals surface area contributed by atoms with E-state index in [4.69, 9.17) is 0 Å². The number of benzene rings is 3. The lowest BCUT2D eigenvalue weighted by Crippen LogP contribution is -2.50. The molecule has 0 bridgehead atoms. The molecule has 2 N–H and O–H groups in total. The fourth-order valence-electron chi connectivity index (χ4n) is 5.85. The maximum absolute atomic E-state index is 13.1. The van der Waals surface area contributed by atoms with Crippen molar-refractivity contribution in [3.05, 3.63) is 107 Å². The minimum Gasteiger partial charge on any atom is -0.352 e. The summed E-state index contributed by atoms with van der Waals surface area (Å²) in [5.74, 6) is 0.416. The topological polar surface area (TPSA) is 79.3 Å². The van der Waals surface area contributed by atoms with Gasteiger partial charge in [-0.3, -0.25) is 4.79 Å². The fourth-order valence-corrected chi connectivity index (χ4v) is 5.85. The molecule has 4 aromatic rings. The number of carbonyl (C=O) groups is 2. The smallest absolute Gasteiger partial charge is 0.318 e. The molecule has 7 heteroatoms. The van der Waals surface area contributed by atoms with Crippen molar-refractivity contribution in [1.82, 2.24) is 25.3 Å². The third kappa shape index (κ3) is 5.89. The van der Waals surface area contributed by atoms with Gasteiger partial charge in [-0.1, -0.05) is 54.6 Å². The van der Waals surface area contributed by atoms with E-state index in [1.807, 2.05) is 66.9 Å². The number of nitrogens with one attached hydrogen (secondary N) is 2. The van der Waals surface area contributed by atoms with Crippen LogP contribution in [0.2, 0.25) is 0 Å². The number of urea groups is 1. The Balaban J connectivity index is 1.27. The van der Waals surface area contributed by atoms with E-state index >= 15 is 0 Å². The van der Waals surface area contributed by atoms with Gasteiger partial charge in [-0.25, -0.2) is 9.48 Å². The fraction of sp³-hybridized carbons (Fsp3) is 0.324. The number of hydrogen-bond donors (Lipinski definition) is 2. The summed E-state index contributed by atoms with van der Waals surface area (Å²) in [5.41, 5.74) is 7.60. The molecule has 6 rings (SSSR count). The molecule has 41 heavy (non-hydrogen) atoms. The first-order chi connectivity index (χ1) is 19.8. The lowest BCUT2D eigenvalue weighted by Gasteiger charge is -2.34. The Morgan fingerprint density at radius 2 is 1.80 bits per heavy atom. The Hall–Kier alpha value is -4.39. The van der Waals surface area contributed by atoms with Gasteiger partial charge in [0.2, 0.25) is 5.91 Å². The number of hydrogen-bond acceptors (Lipinski definition) is 3. The molecular formula is C34H37N5O2. The molecule has 0 radical (unpaired) electrons. The predicted molar refractivity (Wildman–Crippen MR) is 161 cm³/mol. The maximum Gasteiger partial charge on any atom is 0.318 e. The van der Waals surface area contributed by atoms with E-state index < -0.39 is 0 Å². The number of aromatic nitrogens is 2. The second-order valence-electron chi connectivity index (χ2n) is 12.2. The molecule has 1 aromatic heterocycles. The summed E-state index contributed by atoms with van der Waals surface area (Å²) in [6, 6.07) is 24.8. The molecule has 1 aliphatic carbocycles. The summed E-state index contributed by atoms with van der Waals surface area (Å²) in [5, 5.41) is 10.7. The molecule has 0 unspecified atom stereocenters. The zero-order chi connectivity index (χ0) is 28.6. The number of amides is 3. The lowest BCUT2D eigenvalue weighted by atomic mass is 9.87. The van der Waals surface area contributed by atoms with E-state index in [-0.39, 0.29) is 23.4 Å². The van der Waals surface area contributed by atoms with Gasteiger partial charge in [-0.15, -0.1) is 0 Å². The first-order valence-electron chi connectivity index (χ1n) is 14.4. The highest BCUT2D eigenvalue weighted by Gasteiger charge is 2.43. The van der Waals surface area contributed by atoms with Crippen LogP contribution in [-0.2, 0) is 24.3 Å². The van der Waals surface area contributed by atoms with E-state index in [0.29, 0.717) is 25.6 Å². The van der Waals surface area contributed by atoms with E-state index in [9.17, 15) is 9.59 Å². The summed E-state index contributed by atoms with van der Waals surface area (Å²) < 4.78 is 1.86. The molecule has 1 fully saturated rings. The van der Waals surface area contributed by atoms with Crippen molar-refractivity contribution in [3.63, 3.8) is 0 Å². The maximum atomic E-state index is 13.1. The Bertz CT molecular complexity index is 1560. The van der Waals surface area contributed by atoms with Crippen LogP contribution in [0.15, 0.2) is 85.2 Å². The van der Waals surface area contributed by atoms with Crippen molar-refractivity contribution in [2.75, 3.05) is 6.54 Å². The Labute approximate surface area is 241 Å². The van der Waals surface area contributed by atoms with Crippen LogP contribution < -0.4 is 10.6 Å². The average Bonchev–Trinajstić information content (AvgIpc) is 3.59. The second kappa shape index (κ2) is 10.9. The summed E-state index contributed by atoms with van der Waals surface area (Å²) in [4.78, 5) is 28.1. The number of carbonyl (C=O) groups excluding carboxylic acids is 2. The quantitative estimate of drug-likeness (QED) is 0.319. The first-order valence-corrected chi connectivity index (χ1v) is 14.4. The van der Waals surface area contributed by atoms with Crippen LogP contribution >= 0.6 is 0 Å². The van der Waals surface area contributed by atoms with Crippen LogP contribution in [0, 0.1) is 5.92 Å². The zero-order valence-electron chi connectivity index (χ0n) is 23.9. The van der Waals surface area contributed by atoms with Gasteiger partial charge in [0.25, 0.3) is 0 Å². The van der Waals surface area contributed by atoms with Crippen LogP contribution in [0.25, 0.3) is 16.8 Å². The summed E-state index contributed by atoms with van der Waals surface area (Å²) >= 11 is 0. The van der Waals surface area contributed by atoms with Crippen molar-refractivity contribution in [3.8, 4) is 16.8 Å². The normalized spacial score (nSPS) is 18.0. The van der Waals surface area contributed by atoms with E-state index in [2.05, 4.69) is 58.2 Å². The van der Waals surface area contributed by atoms with Gasteiger partial charge < -0.3 is 15.5 Å². The van der Waals surface area contributed by atoms with Crippen LogP contribution in [0.5, 0.6) is 0 Å². The highest BCUT2D eigenvalue weighted by molar-refractivity contribution is 5.83. The molecule has 1 saturated carbocycles. The lowest BCUT2D eigenvalue weighted by molar-refractivity contribution is -0.122. The Kier molecular flexibility index (Phi) is 7.12. The van der Waals surface area contributed by atoms with Crippen LogP contribution in [0.4, 0.5) is 4.79 Å². The summed E-state index contributed by atoms with van der Waals surface area (Å²) in [6.45, 7) is 7.57. The van der Waals surface area contributed by atoms with Gasteiger partial charge in [0.05, 0.1) is 5.69 Å². The SMILES string of the molecule is CC(C)(C)NC(=O)N1CCc2c(-c3cccc(-n4cccn4)c3)ccc(CNC(=O)[C@H]3C[C@@H]3c3ccccc3)c2C1. The Morgan fingerprint density at radius 1 is 0.976 bits per heavy atom. The molecule has 210 valence electrons. The van der Waals surface area contributed by atoms with Crippen molar-refractivity contribution in [1.29, 1.82) is 0 Å². The molecule has 2 heterocycles.